The molecule has 0 saturated carbocycles. The molecule has 0 bridgehead atoms. The highest BCUT2D eigenvalue weighted by Gasteiger charge is 2.24. The van der Waals surface area contributed by atoms with Gasteiger partial charge in [0.25, 0.3) is 15.9 Å². The molecule has 4 aromatic carbocycles. The van der Waals surface area contributed by atoms with Crippen LogP contribution in [0, 0.1) is 0 Å². The summed E-state index contributed by atoms with van der Waals surface area (Å²) in [5.74, 6) is -0.345. The highest BCUT2D eigenvalue weighted by atomic mass is 32.2. The van der Waals surface area contributed by atoms with Gasteiger partial charge in [0.05, 0.1) is 20.8 Å². The van der Waals surface area contributed by atoms with Crippen LogP contribution in [0.15, 0.2) is 95.9 Å². The molecule has 0 aliphatic rings. The number of thiazole rings is 1. The number of hydrogen-bond acceptors (Lipinski definition) is 5. The van der Waals surface area contributed by atoms with Crippen LogP contribution in [0.2, 0.25) is 0 Å². The van der Waals surface area contributed by atoms with E-state index in [1.54, 1.807) is 31.2 Å². The maximum atomic E-state index is 13.2. The zero-order chi connectivity index (χ0) is 23.7. The van der Waals surface area contributed by atoms with E-state index in [4.69, 9.17) is 0 Å². The molecule has 1 heterocycles. The third-order valence-corrected chi connectivity index (χ3v) is 8.39. The van der Waals surface area contributed by atoms with Gasteiger partial charge in [0, 0.05) is 17.5 Å². The Morgan fingerprint density at radius 3 is 2.35 bits per heavy atom. The molecule has 0 spiro atoms. The first-order valence-corrected chi connectivity index (χ1v) is 13.0. The number of carbonyl (C=O) groups excluding carboxylic acids is 1. The summed E-state index contributed by atoms with van der Waals surface area (Å²) in [6.45, 7) is 2.08. The summed E-state index contributed by atoms with van der Waals surface area (Å²) in [4.78, 5) is 17.6. The van der Waals surface area contributed by atoms with Gasteiger partial charge in [0.2, 0.25) is 0 Å². The standard InChI is InChI=1S/C26H21N3O3S2/c1-2-29(20-9-4-3-5-10-20)34(31,32)21-15-12-19(13-16-21)25(30)28-26-27-24-22-11-7-6-8-18(22)14-17-23(24)33-26/h3-17H,2H2,1H3,(H,27,28,30). The number of fused-ring (bicyclic) bond motifs is 3. The van der Waals surface area contributed by atoms with Gasteiger partial charge in [-0.1, -0.05) is 59.9 Å². The molecule has 0 atom stereocenters. The molecular weight excluding hydrogens is 466 g/mol. The molecule has 1 aromatic heterocycles. The van der Waals surface area contributed by atoms with Crippen LogP contribution in [-0.4, -0.2) is 25.9 Å². The average Bonchev–Trinajstić information content (AvgIpc) is 3.28. The minimum absolute atomic E-state index is 0.126. The van der Waals surface area contributed by atoms with E-state index < -0.39 is 10.0 Å². The van der Waals surface area contributed by atoms with Crippen molar-refractivity contribution in [2.45, 2.75) is 11.8 Å². The van der Waals surface area contributed by atoms with Crippen molar-refractivity contribution in [1.82, 2.24) is 4.98 Å². The number of carbonyl (C=O) groups is 1. The minimum Gasteiger partial charge on any atom is -0.298 e. The predicted molar refractivity (Wildman–Crippen MR) is 138 cm³/mol. The summed E-state index contributed by atoms with van der Waals surface area (Å²) in [6, 6.07) is 26.9. The van der Waals surface area contributed by atoms with E-state index in [-0.39, 0.29) is 10.8 Å². The second-order valence-electron chi connectivity index (χ2n) is 7.64. The zero-order valence-corrected chi connectivity index (χ0v) is 19.9. The van der Waals surface area contributed by atoms with Gasteiger partial charge in [0.15, 0.2) is 5.13 Å². The molecule has 5 rings (SSSR count). The molecular formula is C26H21N3O3S2. The first-order valence-electron chi connectivity index (χ1n) is 10.7. The number of nitrogens with one attached hydrogen (secondary N) is 1. The first-order chi connectivity index (χ1) is 16.5. The lowest BCUT2D eigenvalue weighted by Gasteiger charge is -2.22. The molecule has 1 amide bonds. The largest absolute Gasteiger partial charge is 0.298 e. The van der Waals surface area contributed by atoms with Gasteiger partial charge in [-0.25, -0.2) is 13.4 Å². The second-order valence-corrected chi connectivity index (χ2v) is 10.5. The molecule has 0 fully saturated rings. The summed E-state index contributed by atoms with van der Waals surface area (Å²) in [6.07, 6.45) is 0. The van der Waals surface area contributed by atoms with Crippen LogP contribution in [0.1, 0.15) is 17.3 Å². The van der Waals surface area contributed by atoms with Crippen molar-refractivity contribution in [2.75, 3.05) is 16.2 Å². The fraction of sp³-hybridized carbons (Fsp3) is 0.0769. The number of amides is 1. The van der Waals surface area contributed by atoms with Gasteiger partial charge in [-0.15, -0.1) is 0 Å². The highest BCUT2D eigenvalue weighted by molar-refractivity contribution is 7.92. The van der Waals surface area contributed by atoms with E-state index in [1.165, 1.54) is 39.9 Å². The van der Waals surface area contributed by atoms with Crippen LogP contribution >= 0.6 is 11.3 Å². The number of benzene rings is 4. The van der Waals surface area contributed by atoms with Gasteiger partial charge >= 0.3 is 0 Å². The predicted octanol–water partition coefficient (Wildman–Crippen LogP) is 5.92. The molecule has 34 heavy (non-hydrogen) atoms. The van der Waals surface area contributed by atoms with E-state index >= 15 is 0 Å². The summed E-state index contributed by atoms with van der Waals surface area (Å²) in [5, 5.41) is 5.46. The Hall–Kier alpha value is -3.75. The number of rotatable bonds is 6. The number of para-hydroxylation sites is 1. The Morgan fingerprint density at radius 1 is 0.912 bits per heavy atom. The Kier molecular flexibility index (Phi) is 5.77. The van der Waals surface area contributed by atoms with Crippen LogP contribution in [-0.2, 0) is 10.0 Å². The van der Waals surface area contributed by atoms with Crippen molar-refractivity contribution in [2.24, 2.45) is 0 Å². The van der Waals surface area contributed by atoms with Crippen LogP contribution in [0.4, 0.5) is 10.8 Å². The zero-order valence-electron chi connectivity index (χ0n) is 18.3. The maximum absolute atomic E-state index is 13.2. The summed E-state index contributed by atoms with van der Waals surface area (Å²) in [5.41, 5.74) is 1.79. The molecule has 0 aliphatic heterocycles. The van der Waals surface area contributed by atoms with Gasteiger partial charge in [0.1, 0.15) is 0 Å². The number of aromatic nitrogens is 1. The molecule has 8 heteroatoms. The van der Waals surface area contributed by atoms with Gasteiger partial charge in [-0.2, -0.15) is 0 Å². The Morgan fingerprint density at radius 2 is 1.62 bits per heavy atom. The van der Waals surface area contributed by atoms with Crippen molar-refractivity contribution in [3.8, 4) is 0 Å². The van der Waals surface area contributed by atoms with Crippen molar-refractivity contribution in [3.63, 3.8) is 0 Å². The highest BCUT2D eigenvalue weighted by Crippen LogP contribution is 2.32. The molecule has 170 valence electrons. The lowest BCUT2D eigenvalue weighted by molar-refractivity contribution is 0.102. The van der Waals surface area contributed by atoms with E-state index in [2.05, 4.69) is 10.3 Å². The van der Waals surface area contributed by atoms with E-state index in [0.29, 0.717) is 22.9 Å². The third-order valence-electron chi connectivity index (χ3n) is 5.54. The molecule has 0 saturated heterocycles. The Balaban J connectivity index is 1.38. The van der Waals surface area contributed by atoms with Crippen molar-refractivity contribution in [1.29, 1.82) is 0 Å². The minimum atomic E-state index is -3.75. The topological polar surface area (TPSA) is 79.4 Å². The fourth-order valence-electron chi connectivity index (χ4n) is 3.88. The third kappa shape index (κ3) is 4.02. The van der Waals surface area contributed by atoms with Crippen LogP contribution in [0.3, 0.4) is 0 Å². The van der Waals surface area contributed by atoms with Crippen molar-refractivity contribution >= 4 is 59.1 Å². The number of anilines is 2. The molecule has 6 nitrogen and oxygen atoms in total. The Bertz CT molecular complexity index is 1600. The average molecular weight is 488 g/mol. The van der Waals surface area contributed by atoms with Crippen LogP contribution in [0.5, 0.6) is 0 Å². The quantitative estimate of drug-likeness (QED) is 0.323. The monoisotopic (exact) mass is 487 g/mol. The van der Waals surface area contributed by atoms with Crippen molar-refractivity contribution < 1.29 is 13.2 Å². The van der Waals surface area contributed by atoms with E-state index in [0.717, 1.165) is 21.0 Å². The van der Waals surface area contributed by atoms with E-state index in [9.17, 15) is 13.2 Å². The smallest absolute Gasteiger partial charge is 0.264 e. The molecule has 1 N–H and O–H groups in total. The fourth-order valence-corrected chi connectivity index (χ4v) is 6.23. The first kappa shape index (κ1) is 22.1. The lowest BCUT2D eigenvalue weighted by Crippen LogP contribution is -2.30. The second kappa shape index (κ2) is 8.89. The number of nitrogens with zero attached hydrogens (tertiary/aromatic N) is 2. The number of sulfonamides is 1. The van der Waals surface area contributed by atoms with Gasteiger partial charge < -0.3 is 0 Å². The summed E-state index contributed by atoms with van der Waals surface area (Å²) in [7, 11) is -3.75. The van der Waals surface area contributed by atoms with Gasteiger partial charge in [-0.05, 0) is 54.8 Å². The molecule has 0 unspecified atom stereocenters. The van der Waals surface area contributed by atoms with Crippen molar-refractivity contribution in [3.05, 3.63) is 96.6 Å². The SMILES string of the molecule is CCN(c1ccccc1)S(=O)(=O)c1ccc(C(=O)Nc2nc3c(ccc4ccccc43)s2)cc1. The summed E-state index contributed by atoms with van der Waals surface area (Å²) >= 11 is 1.40. The lowest BCUT2D eigenvalue weighted by atomic mass is 10.1. The van der Waals surface area contributed by atoms with E-state index in [1.807, 2.05) is 42.5 Å². The molecule has 0 aliphatic carbocycles. The molecule has 0 radical (unpaired) electrons. The number of hydrogen-bond donors (Lipinski definition) is 1. The van der Waals surface area contributed by atoms with Crippen LogP contribution in [0.25, 0.3) is 21.0 Å². The Labute approximate surface area is 201 Å². The maximum Gasteiger partial charge on any atom is 0.264 e. The normalized spacial score (nSPS) is 11.6. The summed E-state index contributed by atoms with van der Waals surface area (Å²) < 4.78 is 28.6. The van der Waals surface area contributed by atoms with Gasteiger partial charge in [-0.3, -0.25) is 14.4 Å². The molecule has 5 aromatic rings. The van der Waals surface area contributed by atoms with Crippen LogP contribution < -0.4 is 9.62 Å².